The van der Waals surface area contributed by atoms with Crippen LogP contribution in [0.3, 0.4) is 0 Å². The molecule has 7 heteroatoms. The van der Waals surface area contributed by atoms with Crippen molar-refractivity contribution in [2.45, 2.75) is 90.3 Å². The Morgan fingerprint density at radius 1 is 1.09 bits per heavy atom. The van der Waals surface area contributed by atoms with Crippen molar-refractivity contribution in [1.82, 2.24) is 14.5 Å². The van der Waals surface area contributed by atoms with Crippen molar-refractivity contribution >= 4 is 22.8 Å². The molecular formula is C28H36N4O3. The van der Waals surface area contributed by atoms with Gasteiger partial charge in [0.25, 0.3) is 0 Å². The van der Waals surface area contributed by atoms with Gasteiger partial charge in [-0.25, -0.2) is 14.8 Å². The summed E-state index contributed by atoms with van der Waals surface area (Å²) in [5, 5.41) is 0. The van der Waals surface area contributed by atoms with E-state index in [-0.39, 0.29) is 18.2 Å². The first-order valence-corrected chi connectivity index (χ1v) is 13.0. The van der Waals surface area contributed by atoms with Crippen molar-refractivity contribution in [3.8, 4) is 5.88 Å². The quantitative estimate of drug-likeness (QED) is 0.437. The van der Waals surface area contributed by atoms with Crippen molar-refractivity contribution in [3.63, 3.8) is 0 Å². The van der Waals surface area contributed by atoms with Crippen LogP contribution in [0.25, 0.3) is 11.0 Å². The van der Waals surface area contributed by atoms with Crippen LogP contribution in [-0.2, 0) is 17.6 Å². The molecule has 0 bridgehead atoms. The smallest absolute Gasteiger partial charge is 0.414 e. The van der Waals surface area contributed by atoms with Crippen LogP contribution in [0.15, 0.2) is 30.3 Å². The summed E-state index contributed by atoms with van der Waals surface area (Å²) in [7, 11) is 1.45. The molecule has 7 nitrogen and oxygen atoms in total. The topological polar surface area (TPSA) is 69.5 Å². The first-order chi connectivity index (χ1) is 17.0. The lowest BCUT2D eigenvalue weighted by atomic mass is 9.94. The van der Waals surface area contributed by atoms with E-state index in [1.807, 2.05) is 32.0 Å². The summed E-state index contributed by atoms with van der Waals surface area (Å²) in [5.74, 6) is 1.69. The monoisotopic (exact) mass is 476 g/mol. The maximum absolute atomic E-state index is 12.6. The fourth-order valence-electron chi connectivity index (χ4n) is 5.72. The number of nitrogens with zero attached hydrogens (tertiary/aromatic N) is 4. The van der Waals surface area contributed by atoms with Gasteiger partial charge in [0.15, 0.2) is 0 Å². The summed E-state index contributed by atoms with van der Waals surface area (Å²) >= 11 is 0. The highest BCUT2D eigenvalue weighted by Crippen LogP contribution is 2.39. The highest BCUT2D eigenvalue weighted by molar-refractivity contribution is 5.95. The molecule has 1 aromatic carbocycles. The van der Waals surface area contributed by atoms with Crippen molar-refractivity contribution in [2.24, 2.45) is 0 Å². The molecular weight excluding hydrogens is 440 g/mol. The number of anilines is 1. The van der Waals surface area contributed by atoms with E-state index in [1.54, 1.807) is 4.90 Å². The van der Waals surface area contributed by atoms with E-state index in [1.165, 1.54) is 44.7 Å². The summed E-state index contributed by atoms with van der Waals surface area (Å²) in [6, 6.07) is 10.7. The van der Waals surface area contributed by atoms with E-state index in [0.29, 0.717) is 18.3 Å². The Balaban J connectivity index is 1.61. The molecule has 1 atom stereocenters. The van der Waals surface area contributed by atoms with Gasteiger partial charge in [0.05, 0.1) is 35.6 Å². The zero-order valence-electron chi connectivity index (χ0n) is 21.3. The molecule has 1 amide bonds. The maximum atomic E-state index is 12.6. The summed E-state index contributed by atoms with van der Waals surface area (Å²) in [5.41, 5.74) is 5.20. The number of carbonyl (C=O) groups is 1. The molecule has 1 aliphatic heterocycles. The van der Waals surface area contributed by atoms with Crippen molar-refractivity contribution in [1.29, 1.82) is 0 Å². The highest BCUT2D eigenvalue weighted by Gasteiger charge is 2.32. The number of rotatable bonds is 5. The van der Waals surface area contributed by atoms with E-state index in [9.17, 15) is 4.79 Å². The fourth-order valence-corrected chi connectivity index (χ4v) is 5.72. The average Bonchev–Trinajstić information content (AvgIpc) is 3.21. The lowest BCUT2D eigenvalue weighted by Gasteiger charge is -2.34. The Bertz CT molecular complexity index is 1210. The Kier molecular flexibility index (Phi) is 6.67. The summed E-state index contributed by atoms with van der Waals surface area (Å²) in [6.45, 7) is 6.10. The molecule has 0 saturated heterocycles. The van der Waals surface area contributed by atoms with E-state index < -0.39 is 0 Å². The molecule has 3 aromatic rings. The minimum atomic E-state index is -0.309. The van der Waals surface area contributed by atoms with Gasteiger partial charge in [-0.3, -0.25) is 4.90 Å². The van der Waals surface area contributed by atoms with Gasteiger partial charge in [-0.15, -0.1) is 0 Å². The van der Waals surface area contributed by atoms with Gasteiger partial charge in [-0.05, 0) is 64.7 Å². The van der Waals surface area contributed by atoms with Crippen LogP contribution in [0.5, 0.6) is 5.88 Å². The fraction of sp³-hybridized carbons (Fsp3) is 0.536. The molecule has 1 aliphatic carbocycles. The van der Waals surface area contributed by atoms with Gasteiger partial charge < -0.3 is 14.0 Å². The minimum Gasteiger partial charge on any atom is -0.475 e. The SMILES string of the molecule is COC(=O)N1c2ccc3c(nc(Cc4cccc(OC(C)C)n4)n3C3CCCCC3)c2CC[C@@H]1C. The van der Waals surface area contributed by atoms with Crippen LogP contribution in [0.4, 0.5) is 10.5 Å². The number of methoxy groups -OCH3 is 1. The summed E-state index contributed by atoms with van der Waals surface area (Å²) in [6.07, 6.45) is 8.35. The second-order valence-electron chi connectivity index (χ2n) is 10.2. The molecule has 0 spiro atoms. The number of imidazole rings is 1. The molecule has 35 heavy (non-hydrogen) atoms. The standard InChI is InChI=1S/C28H36N4O3/c1-18(2)35-26-12-8-9-20(29-26)17-25-30-27-22-14-13-19(3)31(28(33)34-4)23(22)15-16-24(27)32(25)21-10-6-5-7-11-21/h8-9,12,15-16,18-19,21H,5-7,10-11,13-14,17H2,1-4H3/t19-/m0/s1. The van der Waals surface area contributed by atoms with Gasteiger partial charge in [0.1, 0.15) is 5.82 Å². The molecule has 0 unspecified atom stereocenters. The Hall–Kier alpha value is -3.09. The predicted molar refractivity (Wildman–Crippen MR) is 137 cm³/mol. The number of hydrogen-bond acceptors (Lipinski definition) is 5. The van der Waals surface area contributed by atoms with Crippen LogP contribution >= 0.6 is 0 Å². The van der Waals surface area contributed by atoms with Crippen molar-refractivity contribution in [2.75, 3.05) is 12.0 Å². The first kappa shape index (κ1) is 23.6. The van der Waals surface area contributed by atoms with Crippen LogP contribution in [0.2, 0.25) is 0 Å². The molecule has 3 heterocycles. The van der Waals surface area contributed by atoms with Crippen molar-refractivity contribution < 1.29 is 14.3 Å². The highest BCUT2D eigenvalue weighted by atomic mass is 16.5. The predicted octanol–water partition coefficient (Wildman–Crippen LogP) is 6.22. The zero-order valence-corrected chi connectivity index (χ0v) is 21.3. The average molecular weight is 477 g/mol. The number of carbonyl (C=O) groups excluding carboxylic acids is 1. The van der Waals surface area contributed by atoms with Gasteiger partial charge in [0, 0.05) is 30.1 Å². The zero-order chi connectivity index (χ0) is 24.5. The molecule has 0 radical (unpaired) electrons. The second-order valence-corrected chi connectivity index (χ2v) is 10.2. The van der Waals surface area contributed by atoms with Crippen LogP contribution in [0.1, 0.15) is 82.4 Å². The second kappa shape index (κ2) is 9.88. The number of benzene rings is 1. The van der Waals surface area contributed by atoms with Gasteiger partial charge >= 0.3 is 6.09 Å². The van der Waals surface area contributed by atoms with Crippen LogP contribution in [0, 0.1) is 0 Å². The summed E-state index contributed by atoms with van der Waals surface area (Å²) < 4.78 is 13.4. The molecule has 2 aromatic heterocycles. The van der Waals surface area contributed by atoms with E-state index in [2.05, 4.69) is 23.6 Å². The van der Waals surface area contributed by atoms with Crippen LogP contribution < -0.4 is 9.64 Å². The molecule has 2 aliphatic rings. The third-order valence-corrected chi connectivity index (χ3v) is 7.32. The van der Waals surface area contributed by atoms with E-state index in [0.717, 1.165) is 41.1 Å². The lowest BCUT2D eigenvalue weighted by Crippen LogP contribution is -2.42. The molecule has 186 valence electrons. The molecule has 1 fully saturated rings. The third kappa shape index (κ3) is 4.60. The Labute approximate surface area is 207 Å². The lowest BCUT2D eigenvalue weighted by molar-refractivity contribution is 0.175. The van der Waals surface area contributed by atoms with Crippen LogP contribution in [-0.4, -0.2) is 39.9 Å². The minimum absolute atomic E-state index is 0.0798. The Morgan fingerprint density at radius 2 is 1.89 bits per heavy atom. The molecule has 0 N–H and O–H groups in total. The normalized spacial score (nSPS) is 18.7. The van der Waals surface area contributed by atoms with E-state index in [4.69, 9.17) is 19.4 Å². The number of fused-ring (bicyclic) bond motifs is 3. The largest absolute Gasteiger partial charge is 0.475 e. The first-order valence-electron chi connectivity index (χ1n) is 13.0. The number of pyridine rings is 1. The number of ether oxygens (including phenoxy) is 2. The number of amides is 1. The van der Waals surface area contributed by atoms with Crippen molar-refractivity contribution in [3.05, 3.63) is 47.4 Å². The third-order valence-electron chi connectivity index (χ3n) is 7.32. The van der Waals surface area contributed by atoms with Gasteiger partial charge in [-0.1, -0.05) is 25.3 Å². The summed E-state index contributed by atoms with van der Waals surface area (Å²) in [4.78, 5) is 24.4. The Morgan fingerprint density at radius 3 is 2.63 bits per heavy atom. The maximum Gasteiger partial charge on any atom is 0.414 e. The number of hydrogen-bond donors (Lipinski definition) is 0. The number of aryl methyl sites for hydroxylation is 1. The molecule has 5 rings (SSSR count). The van der Waals surface area contributed by atoms with Gasteiger partial charge in [-0.2, -0.15) is 0 Å². The van der Waals surface area contributed by atoms with Gasteiger partial charge in [0.2, 0.25) is 5.88 Å². The molecule has 1 saturated carbocycles. The number of aromatic nitrogens is 3. The van der Waals surface area contributed by atoms with E-state index >= 15 is 0 Å².